The molecular formula is C15H18N2O2. The molecule has 100 valence electrons. The third-order valence-electron chi connectivity index (χ3n) is 3.00. The number of carbonyl (C=O) groups excluding carboxylic acids is 1. The second-order valence-corrected chi connectivity index (χ2v) is 4.31. The number of aromatic nitrogens is 1. The van der Waals surface area contributed by atoms with Crippen molar-refractivity contribution >= 4 is 16.8 Å². The van der Waals surface area contributed by atoms with Crippen LogP contribution in [0, 0.1) is 0 Å². The Kier molecular flexibility index (Phi) is 4.36. The molecule has 19 heavy (non-hydrogen) atoms. The van der Waals surface area contributed by atoms with Crippen LogP contribution in [0.25, 0.3) is 10.9 Å². The predicted molar refractivity (Wildman–Crippen MR) is 76.3 cm³/mol. The highest BCUT2D eigenvalue weighted by molar-refractivity contribution is 5.98. The molecule has 0 aliphatic carbocycles. The standard InChI is InChI=1S/C15H18N2O2/c1-3-8-17(9-10-19-2)15(18)13-4-5-14-12(11-13)6-7-16-14/h3-7,11,16H,1,8-10H2,2H3. The van der Waals surface area contributed by atoms with Gasteiger partial charge in [-0.1, -0.05) is 6.08 Å². The van der Waals surface area contributed by atoms with Gasteiger partial charge in [0.15, 0.2) is 0 Å². The quantitative estimate of drug-likeness (QED) is 0.809. The zero-order valence-corrected chi connectivity index (χ0v) is 11.1. The molecule has 4 heteroatoms. The Morgan fingerprint density at radius 1 is 1.47 bits per heavy atom. The van der Waals surface area contributed by atoms with Crippen LogP contribution in [0.1, 0.15) is 10.4 Å². The smallest absolute Gasteiger partial charge is 0.254 e. The van der Waals surface area contributed by atoms with Crippen LogP contribution in [0.15, 0.2) is 43.1 Å². The number of nitrogens with one attached hydrogen (secondary N) is 1. The molecule has 0 unspecified atom stereocenters. The van der Waals surface area contributed by atoms with E-state index in [1.165, 1.54) is 0 Å². The van der Waals surface area contributed by atoms with Crippen molar-refractivity contribution in [1.82, 2.24) is 9.88 Å². The topological polar surface area (TPSA) is 45.3 Å². The maximum atomic E-state index is 12.4. The Hall–Kier alpha value is -2.07. The number of methoxy groups -OCH3 is 1. The summed E-state index contributed by atoms with van der Waals surface area (Å²) in [5.41, 5.74) is 1.72. The minimum Gasteiger partial charge on any atom is -0.383 e. The van der Waals surface area contributed by atoms with Crippen LogP contribution in [0.2, 0.25) is 0 Å². The molecule has 0 saturated carbocycles. The minimum absolute atomic E-state index is 0.0000463. The Balaban J connectivity index is 2.21. The van der Waals surface area contributed by atoms with Gasteiger partial charge in [-0.25, -0.2) is 0 Å². The van der Waals surface area contributed by atoms with Crippen molar-refractivity contribution in [3.8, 4) is 0 Å². The van der Waals surface area contributed by atoms with Gasteiger partial charge in [-0.3, -0.25) is 4.79 Å². The van der Waals surface area contributed by atoms with Crippen LogP contribution in [0.4, 0.5) is 0 Å². The number of carbonyl (C=O) groups is 1. The summed E-state index contributed by atoms with van der Waals surface area (Å²) < 4.78 is 5.03. The molecule has 1 aromatic carbocycles. The van der Waals surface area contributed by atoms with Gasteiger partial charge in [-0.2, -0.15) is 0 Å². The lowest BCUT2D eigenvalue weighted by Crippen LogP contribution is -2.34. The van der Waals surface area contributed by atoms with Crippen LogP contribution < -0.4 is 0 Å². The number of H-pyrrole nitrogens is 1. The van der Waals surface area contributed by atoms with Gasteiger partial charge in [0.1, 0.15) is 0 Å². The molecule has 0 aliphatic rings. The third-order valence-corrected chi connectivity index (χ3v) is 3.00. The van der Waals surface area contributed by atoms with E-state index in [2.05, 4.69) is 11.6 Å². The van der Waals surface area contributed by atoms with E-state index >= 15 is 0 Å². The SMILES string of the molecule is C=CCN(CCOC)C(=O)c1ccc2[nH]ccc2c1. The van der Waals surface area contributed by atoms with E-state index in [1.54, 1.807) is 18.1 Å². The fourth-order valence-electron chi connectivity index (χ4n) is 2.00. The normalized spacial score (nSPS) is 10.6. The van der Waals surface area contributed by atoms with E-state index in [1.807, 2.05) is 30.5 Å². The van der Waals surface area contributed by atoms with Crippen molar-refractivity contribution < 1.29 is 9.53 Å². The largest absolute Gasteiger partial charge is 0.383 e. The fourth-order valence-corrected chi connectivity index (χ4v) is 2.00. The Morgan fingerprint density at radius 3 is 3.05 bits per heavy atom. The van der Waals surface area contributed by atoms with Crippen molar-refractivity contribution in [2.75, 3.05) is 26.8 Å². The van der Waals surface area contributed by atoms with E-state index in [4.69, 9.17) is 4.74 Å². The Bertz CT molecular complexity index is 574. The van der Waals surface area contributed by atoms with E-state index in [9.17, 15) is 4.79 Å². The molecule has 0 saturated heterocycles. The zero-order chi connectivity index (χ0) is 13.7. The van der Waals surface area contributed by atoms with E-state index in [-0.39, 0.29) is 5.91 Å². The molecule has 1 amide bonds. The number of hydrogen-bond acceptors (Lipinski definition) is 2. The molecular weight excluding hydrogens is 240 g/mol. The van der Waals surface area contributed by atoms with Gasteiger partial charge in [-0.05, 0) is 24.3 Å². The predicted octanol–water partition coefficient (Wildman–Crippen LogP) is 2.44. The number of amides is 1. The maximum absolute atomic E-state index is 12.4. The first-order chi connectivity index (χ1) is 9.26. The van der Waals surface area contributed by atoms with Crippen molar-refractivity contribution in [2.45, 2.75) is 0 Å². The number of fused-ring (bicyclic) bond motifs is 1. The highest BCUT2D eigenvalue weighted by Gasteiger charge is 2.14. The molecule has 0 radical (unpaired) electrons. The zero-order valence-electron chi connectivity index (χ0n) is 11.1. The molecule has 1 heterocycles. The average Bonchev–Trinajstić information content (AvgIpc) is 2.90. The third kappa shape index (κ3) is 3.03. The van der Waals surface area contributed by atoms with Crippen molar-refractivity contribution in [3.63, 3.8) is 0 Å². The van der Waals surface area contributed by atoms with E-state index in [0.717, 1.165) is 10.9 Å². The van der Waals surface area contributed by atoms with Crippen molar-refractivity contribution in [3.05, 3.63) is 48.7 Å². The van der Waals surface area contributed by atoms with Crippen LogP contribution in [-0.2, 0) is 4.74 Å². The van der Waals surface area contributed by atoms with Gasteiger partial charge in [0.2, 0.25) is 0 Å². The molecule has 0 bridgehead atoms. The first-order valence-corrected chi connectivity index (χ1v) is 6.22. The van der Waals surface area contributed by atoms with Gasteiger partial charge in [0.05, 0.1) is 6.61 Å². The van der Waals surface area contributed by atoms with Gasteiger partial charge in [0, 0.05) is 42.9 Å². The molecule has 2 aromatic rings. The molecule has 0 atom stereocenters. The summed E-state index contributed by atoms with van der Waals surface area (Å²) in [6, 6.07) is 7.62. The van der Waals surface area contributed by atoms with Gasteiger partial charge >= 0.3 is 0 Å². The maximum Gasteiger partial charge on any atom is 0.254 e. The lowest BCUT2D eigenvalue weighted by atomic mass is 10.1. The summed E-state index contributed by atoms with van der Waals surface area (Å²) in [6.45, 7) is 5.29. The summed E-state index contributed by atoms with van der Waals surface area (Å²) in [4.78, 5) is 17.3. The Morgan fingerprint density at radius 2 is 2.32 bits per heavy atom. The van der Waals surface area contributed by atoms with Crippen LogP contribution in [0.5, 0.6) is 0 Å². The first-order valence-electron chi connectivity index (χ1n) is 6.22. The minimum atomic E-state index is 0.0000463. The van der Waals surface area contributed by atoms with E-state index in [0.29, 0.717) is 25.3 Å². The van der Waals surface area contributed by atoms with Gasteiger partial charge < -0.3 is 14.6 Å². The number of nitrogens with zero attached hydrogens (tertiary/aromatic N) is 1. The molecule has 2 rings (SSSR count). The second-order valence-electron chi connectivity index (χ2n) is 4.31. The monoisotopic (exact) mass is 258 g/mol. The molecule has 1 aromatic heterocycles. The molecule has 1 N–H and O–H groups in total. The molecule has 0 aliphatic heterocycles. The van der Waals surface area contributed by atoms with Gasteiger partial charge in [0.25, 0.3) is 5.91 Å². The summed E-state index contributed by atoms with van der Waals surface area (Å²) in [5, 5.41) is 1.04. The number of hydrogen-bond donors (Lipinski definition) is 1. The number of benzene rings is 1. The summed E-state index contributed by atoms with van der Waals surface area (Å²) >= 11 is 0. The molecule has 0 spiro atoms. The first kappa shape index (κ1) is 13.4. The number of rotatable bonds is 6. The fraction of sp³-hybridized carbons (Fsp3) is 0.267. The van der Waals surface area contributed by atoms with E-state index < -0.39 is 0 Å². The van der Waals surface area contributed by atoms with Crippen LogP contribution in [-0.4, -0.2) is 42.6 Å². The van der Waals surface area contributed by atoms with Crippen LogP contribution >= 0.6 is 0 Å². The molecule has 4 nitrogen and oxygen atoms in total. The number of aromatic amines is 1. The number of ether oxygens (including phenoxy) is 1. The molecule has 0 fully saturated rings. The average molecular weight is 258 g/mol. The van der Waals surface area contributed by atoms with Crippen molar-refractivity contribution in [1.29, 1.82) is 0 Å². The van der Waals surface area contributed by atoms with Gasteiger partial charge in [-0.15, -0.1) is 6.58 Å². The Labute approximate surface area is 112 Å². The summed E-state index contributed by atoms with van der Waals surface area (Å²) in [5.74, 6) is 0.0000463. The summed E-state index contributed by atoms with van der Waals surface area (Å²) in [7, 11) is 1.63. The lowest BCUT2D eigenvalue weighted by molar-refractivity contribution is 0.0718. The lowest BCUT2D eigenvalue weighted by Gasteiger charge is -2.20. The highest BCUT2D eigenvalue weighted by atomic mass is 16.5. The highest BCUT2D eigenvalue weighted by Crippen LogP contribution is 2.15. The van der Waals surface area contributed by atoms with Crippen LogP contribution in [0.3, 0.4) is 0 Å². The summed E-state index contributed by atoms with van der Waals surface area (Å²) in [6.07, 6.45) is 3.59. The van der Waals surface area contributed by atoms with Crippen molar-refractivity contribution in [2.24, 2.45) is 0 Å². The second kappa shape index (κ2) is 6.20.